The Bertz CT molecular complexity index is 748. The number of carbonyl (C=O) groups is 3. The van der Waals surface area contributed by atoms with E-state index in [9.17, 15) is 14.4 Å². The van der Waals surface area contributed by atoms with Crippen molar-refractivity contribution in [1.82, 2.24) is 20.7 Å². The van der Waals surface area contributed by atoms with Gasteiger partial charge in [0.05, 0.1) is 6.54 Å². The fourth-order valence-electron chi connectivity index (χ4n) is 3.76. The average molecular weight is 393 g/mol. The molecule has 0 radical (unpaired) electrons. The molecule has 0 bridgehead atoms. The summed E-state index contributed by atoms with van der Waals surface area (Å²) < 4.78 is 0. The lowest BCUT2D eigenvalue weighted by atomic mass is 9.82. The molecule has 146 valence electrons. The molecular weight excluding hydrogens is 368 g/mol. The van der Waals surface area contributed by atoms with Crippen LogP contribution in [0.2, 0.25) is 5.02 Å². The first-order valence-corrected chi connectivity index (χ1v) is 9.62. The van der Waals surface area contributed by atoms with Crippen molar-refractivity contribution in [2.45, 2.75) is 50.6 Å². The van der Waals surface area contributed by atoms with E-state index in [1.165, 1.54) is 0 Å². The van der Waals surface area contributed by atoms with Crippen molar-refractivity contribution in [3.63, 3.8) is 0 Å². The fourth-order valence-corrected chi connectivity index (χ4v) is 3.96. The standard InChI is InChI=1S/C19H25ClN4O3/c1-13(14-7-6-8-15(20)11-14)23(2)12-16(25)22-24-17(26)19(21-18(24)27)9-4-3-5-10-19/h6-8,11,13H,3-5,9-10,12H2,1-2H3,(H,21,27)(H,22,25). The predicted octanol–water partition coefficient (Wildman–Crippen LogP) is 2.62. The number of hydrogen-bond donors (Lipinski definition) is 2. The third-order valence-corrected chi connectivity index (χ3v) is 5.73. The molecule has 1 unspecified atom stereocenters. The van der Waals surface area contributed by atoms with Crippen LogP contribution in [0, 0.1) is 0 Å². The number of benzene rings is 1. The molecule has 1 aliphatic heterocycles. The Morgan fingerprint density at radius 3 is 2.70 bits per heavy atom. The minimum Gasteiger partial charge on any atom is -0.322 e. The molecule has 2 N–H and O–H groups in total. The summed E-state index contributed by atoms with van der Waals surface area (Å²) >= 11 is 6.03. The summed E-state index contributed by atoms with van der Waals surface area (Å²) in [6, 6.07) is 6.84. The van der Waals surface area contributed by atoms with Gasteiger partial charge in [-0.1, -0.05) is 43.0 Å². The Labute approximate surface area is 164 Å². The summed E-state index contributed by atoms with van der Waals surface area (Å²) in [7, 11) is 1.81. The van der Waals surface area contributed by atoms with Crippen LogP contribution in [0.5, 0.6) is 0 Å². The van der Waals surface area contributed by atoms with Crippen LogP contribution < -0.4 is 10.7 Å². The molecule has 0 aromatic heterocycles. The van der Waals surface area contributed by atoms with E-state index in [1.807, 2.05) is 30.0 Å². The number of rotatable bonds is 5. The van der Waals surface area contributed by atoms with Crippen LogP contribution in [-0.4, -0.2) is 46.9 Å². The lowest BCUT2D eigenvalue weighted by Crippen LogP contribution is -2.52. The quantitative estimate of drug-likeness (QED) is 0.755. The van der Waals surface area contributed by atoms with E-state index in [0.29, 0.717) is 17.9 Å². The molecular formula is C19H25ClN4O3. The summed E-state index contributed by atoms with van der Waals surface area (Å²) in [4.78, 5) is 39.2. The van der Waals surface area contributed by atoms with Crippen LogP contribution in [0.3, 0.4) is 0 Å². The molecule has 1 aromatic rings. The number of carbonyl (C=O) groups excluding carboxylic acids is 3. The second kappa shape index (κ2) is 7.86. The zero-order valence-electron chi connectivity index (χ0n) is 15.6. The highest BCUT2D eigenvalue weighted by Gasteiger charge is 2.52. The van der Waals surface area contributed by atoms with Gasteiger partial charge in [-0.05, 0) is 44.5 Å². The first kappa shape index (κ1) is 19.6. The number of urea groups is 1. The summed E-state index contributed by atoms with van der Waals surface area (Å²) in [6.45, 7) is 2.00. The van der Waals surface area contributed by atoms with E-state index >= 15 is 0 Å². The second-order valence-corrected chi connectivity index (χ2v) is 7.83. The Hall–Kier alpha value is -2.12. The van der Waals surface area contributed by atoms with Crippen LogP contribution >= 0.6 is 11.6 Å². The zero-order chi connectivity index (χ0) is 19.6. The van der Waals surface area contributed by atoms with E-state index in [2.05, 4.69) is 10.7 Å². The predicted molar refractivity (Wildman–Crippen MR) is 102 cm³/mol. The van der Waals surface area contributed by atoms with Crippen LogP contribution in [0.1, 0.15) is 50.6 Å². The van der Waals surface area contributed by atoms with Gasteiger partial charge in [0.2, 0.25) is 0 Å². The third kappa shape index (κ3) is 4.09. The molecule has 1 atom stereocenters. The SMILES string of the molecule is CC(c1cccc(Cl)c1)N(C)CC(=O)NN1C(=O)NC2(CCCCC2)C1=O. The normalized spacial score (nSPS) is 20.1. The smallest absolute Gasteiger partial charge is 0.322 e. The van der Waals surface area contributed by atoms with Crippen molar-refractivity contribution >= 4 is 29.4 Å². The van der Waals surface area contributed by atoms with E-state index in [0.717, 1.165) is 29.8 Å². The van der Waals surface area contributed by atoms with Gasteiger partial charge in [0.25, 0.3) is 11.8 Å². The molecule has 1 saturated heterocycles. The van der Waals surface area contributed by atoms with Crippen LogP contribution in [0.25, 0.3) is 0 Å². The molecule has 1 aromatic carbocycles. The van der Waals surface area contributed by atoms with Gasteiger partial charge in [-0.2, -0.15) is 5.01 Å². The van der Waals surface area contributed by atoms with Crippen molar-refractivity contribution in [2.24, 2.45) is 0 Å². The minimum absolute atomic E-state index is 0.0394. The Morgan fingerprint density at radius 1 is 1.33 bits per heavy atom. The first-order valence-electron chi connectivity index (χ1n) is 9.24. The van der Waals surface area contributed by atoms with Crippen LogP contribution in [0.4, 0.5) is 4.79 Å². The molecule has 1 saturated carbocycles. The van der Waals surface area contributed by atoms with Gasteiger partial charge in [-0.25, -0.2) is 4.79 Å². The van der Waals surface area contributed by atoms with Gasteiger partial charge >= 0.3 is 6.03 Å². The summed E-state index contributed by atoms with van der Waals surface area (Å²) in [5.41, 5.74) is 2.60. The van der Waals surface area contributed by atoms with Gasteiger partial charge in [0, 0.05) is 11.1 Å². The van der Waals surface area contributed by atoms with Gasteiger partial charge in [-0.3, -0.25) is 19.9 Å². The zero-order valence-corrected chi connectivity index (χ0v) is 16.4. The van der Waals surface area contributed by atoms with Gasteiger partial charge in [-0.15, -0.1) is 0 Å². The van der Waals surface area contributed by atoms with Crippen molar-refractivity contribution in [3.05, 3.63) is 34.9 Å². The highest BCUT2D eigenvalue weighted by Crippen LogP contribution is 2.33. The molecule has 4 amide bonds. The molecule has 3 rings (SSSR count). The summed E-state index contributed by atoms with van der Waals surface area (Å²) in [5.74, 6) is -0.770. The molecule has 27 heavy (non-hydrogen) atoms. The Kier molecular flexibility index (Phi) is 5.72. The fraction of sp³-hybridized carbons (Fsp3) is 0.526. The lowest BCUT2D eigenvalue weighted by molar-refractivity contribution is -0.140. The van der Waals surface area contributed by atoms with E-state index in [1.54, 1.807) is 13.1 Å². The van der Waals surface area contributed by atoms with Gasteiger partial charge < -0.3 is 5.32 Å². The first-order chi connectivity index (χ1) is 12.8. The highest BCUT2D eigenvalue weighted by molar-refractivity contribution is 6.30. The largest absolute Gasteiger partial charge is 0.344 e. The number of nitrogens with one attached hydrogen (secondary N) is 2. The Balaban J connectivity index is 1.60. The van der Waals surface area contributed by atoms with E-state index < -0.39 is 17.5 Å². The highest BCUT2D eigenvalue weighted by atomic mass is 35.5. The monoisotopic (exact) mass is 392 g/mol. The molecule has 1 spiro atoms. The lowest BCUT2D eigenvalue weighted by Gasteiger charge is -2.30. The number of amides is 4. The molecule has 1 heterocycles. The van der Waals surface area contributed by atoms with E-state index in [-0.39, 0.29) is 18.5 Å². The van der Waals surface area contributed by atoms with E-state index in [4.69, 9.17) is 11.6 Å². The average Bonchev–Trinajstić information content (AvgIpc) is 2.85. The maximum atomic E-state index is 12.7. The van der Waals surface area contributed by atoms with Crippen molar-refractivity contribution in [2.75, 3.05) is 13.6 Å². The van der Waals surface area contributed by atoms with Crippen molar-refractivity contribution in [1.29, 1.82) is 0 Å². The van der Waals surface area contributed by atoms with Crippen LogP contribution in [0.15, 0.2) is 24.3 Å². The number of hydrogen-bond acceptors (Lipinski definition) is 4. The molecule has 1 aliphatic carbocycles. The molecule has 2 aliphatic rings. The van der Waals surface area contributed by atoms with Crippen LogP contribution in [-0.2, 0) is 9.59 Å². The maximum absolute atomic E-state index is 12.7. The second-order valence-electron chi connectivity index (χ2n) is 7.39. The number of halogens is 1. The van der Waals surface area contributed by atoms with Crippen molar-refractivity contribution in [3.8, 4) is 0 Å². The molecule has 2 fully saturated rings. The topological polar surface area (TPSA) is 81.8 Å². The summed E-state index contributed by atoms with van der Waals surface area (Å²) in [6.07, 6.45) is 4.09. The molecule has 8 heteroatoms. The Morgan fingerprint density at radius 2 is 2.04 bits per heavy atom. The molecule has 7 nitrogen and oxygen atoms in total. The summed E-state index contributed by atoms with van der Waals surface area (Å²) in [5, 5.41) is 4.25. The maximum Gasteiger partial charge on any atom is 0.344 e. The minimum atomic E-state index is -0.845. The number of nitrogens with zero attached hydrogens (tertiary/aromatic N) is 2. The number of imide groups is 1. The number of hydrazine groups is 1. The third-order valence-electron chi connectivity index (χ3n) is 5.49. The van der Waals surface area contributed by atoms with Crippen molar-refractivity contribution < 1.29 is 14.4 Å². The van der Waals surface area contributed by atoms with Gasteiger partial charge in [0.15, 0.2) is 0 Å². The number of likely N-dealkylation sites (N-methyl/N-ethyl adjacent to an activating group) is 1. The van der Waals surface area contributed by atoms with Gasteiger partial charge in [0.1, 0.15) is 5.54 Å².